The molecule has 8 saturated heterocycles. The van der Waals surface area contributed by atoms with Crippen LogP contribution in [0.15, 0.2) is 86.2 Å². The largest absolute Gasteiger partial charge is 0.445 e. The summed E-state index contributed by atoms with van der Waals surface area (Å²) in [5.41, 5.74) is 84.3. The molecule has 48 heteroatoms. The summed E-state index contributed by atoms with van der Waals surface area (Å²) in [4.78, 5) is 29.0. The number of amides is 1. The molecule has 0 bridgehead atoms. The Hall–Kier alpha value is -6.94. The maximum atomic E-state index is 13.7. The molecule has 8 aliphatic heterocycles. The van der Waals surface area contributed by atoms with E-state index in [1.165, 1.54) is 19.1 Å². The summed E-state index contributed by atoms with van der Waals surface area (Å²) >= 11 is 0. The Kier molecular flexibility index (Phi) is 32.8. The van der Waals surface area contributed by atoms with Gasteiger partial charge < -0.3 is 161 Å². The van der Waals surface area contributed by atoms with Gasteiger partial charge in [-0.15, -0.1) is 0 Å². The molecule has 0 saturated carbocycles. The minimum Gasteiger partial charge on any atom is -0.445 e. The van der Waals surface area contributed by atoms with Crippen LogP contribution < -0.4 is 34.4 Å². The van der Waals surface area contributed by atoms with Crippen LogP contribution in [-0.4, -0.2) is 314 Å². The Morgan fingerprint density at radius 3 is 1.58 bits per heavy atom. The number of benzene rings is 2. The van der Waals surface area contributed by atoms with Crippen molar-refractivity contribution < 1.29 is 126 Å². The summed E-state index contributed by atoms with van der Waals surface area (Å²) in [5, 5.41) is 103. The van der Waals surface area contributed by atoms with Crippen molar-refractivity contribution in [1.29, 1.82) is 0 Å². The minimum atomic E-state index is -1.87. The van der Waals surface area contributed by atoms with Crippen LogP contribution in [0, 0.1) is 0 Å². The van der Waals surface area contributed by atoms with Gasteiger partial charge in [0.15, 0.2) is 50.2 Å². The number of hydrogen-bond acceptors (Lipinski definition) is 37. The number of methoxy groups -OCH3 is 2. The average molecular weight is 1550 g/mol. The first-order valence-electron chi connectivity index (χ1n) is 34.7. The molecule has 604 valence electrons. The highest BCUT2D eigenvalue weighted by atomic mass is 16.8. The fraction of sp³-hybridized carbons (Fsp3) is 0.787. The third kappa shape index (κ3) is 21.2. The molecular formula is C61H94N22O26. The van der Waals surface area contributed by atoms with E-state index < -0.39 is 229 Å². The van der Waals surface area contributed by atoms with Crippen LogP contribution >= 0.6 is 0 Å². The topological polar surface area (TPSA) is 739 Å². The Morgan fingerprint density at radius 1 is 0.486 bits per heavy atom. The van der Waals surface area contributed by atoms with Crippen molar-refractivity contribution in [3.05, 3.63) is 124 Å². The lowest BCUT2D eigenvalue weighted by molar-refractivity contribution is -0.326. The monoisotopic (exact) mass is 1550 g/mol. The highest BCUT2D eigenvalue weighted by Crippen LogP contribution is 2.40. The number of carbonyl (C=O) groups is 1. The van der Waals surface area contributed by atoms with Crippen molar-refractivity contribution in [2.24, 2.45) is 60.0 Å². The Labute approximate surface area is 620 Å². The molecular weight excluding hydrogens is 1460 g/mol. The second-order valence-corrected chi connectivity index (χ2v) is 26.3. The zero-order valence-electron chi connectivity index (χ0n) is 58.9. The van der Waals surface area contributed by atoms with Gasteiger partial charge in [0.25, 0.3) is 0 Å². The third-order valence-corrected chi connectivity index (χ3v) is 19.3. The number of aliphatic hydroxyl groups is 8. The van der Waals surface area contributed by atoms with Crippen molar-refractivity contribution in [3.63, 3.8) is 0 Å². The Bertz CT molecular complexity index is 3420. The van der Waals surface area contributed by atoms with Crippen molar-refractivity contribution in [1.82, 2.24) is 4.90 Å². The second kappa shape index (κ2) is 41.5. The quantitative estimate of drug-likeness (QED) is 0.0216. The standard InChI is InChI=1S/C38H48N16O14.C23H46N6O12/c1-60-31-30(66-37-28(58)29(24(17-55)64-37)65-36-25(46-51-41)27(57)26(56)23(63-36)14-44-49-39)32(34(48-53-43)68-33(31)47-52-42)67-35-22(45-50-40)13-12-21(62-35)16-54(15-19-8-4-2-5-9-19)38(59)61-18-20-10-6-3-7-11-20;1-34-17-16(18(20(29)41-19(17)28)40-21-8(26)3-2-7(4-24)35-21)39-23-14(33)15(10(6-30)37-23)38-22-11(27)13(32)12(31)9(5-25)36-22/h2-11,21-37,55-58H,12-18H2,1H3;7-23,30-33H,2-6,24-29H2,1H3/t21-,22+,23-,24+,25+,26+,27+,28+,29+,30+,31+,32-,33+,34-,35+,36+,37-;7-,8+,9-,10+,11+,12+,13+,14+,15+,16+,17+,18-,19+,20-,21+,22+,23-/m00/s1. The molecule has 0 radical (unpaired) electrons. The van der Waals surface area contributed by atoms with E-state index in [1.807, 2.05) is 60.7 Å². The van der Waals surface area contributed by atoms with E-state index in [0.29, 0.717) is 12.8 Å². The van der Waals surface area contributed by atoms with E-state index in [9.17, 15) is 67.8 Å². The van der Waals surface area contributed by atoms with Crippen LogP contribution in [0.1, 0.15) is 36.8 Å². The first-order valence-corrected chi connectivity index (χ1v) is 34.7. The van der Waals surface area contributed by atoms with Crippen LogP contribution in [-0.2, 0) is 93.7 Å². The fourth-order valence-electron chi connectivity index (χ4n) is 13.6. The van der Waals surface area contributed by atoms with Gasteiger partial charge >= 0.3 is 6.09 Å². The number of nitrogens with two attached hydrogens (primary N) is 6. The van der Waals surface area contributed by atoms with Crippen LogP contribution in [0.25, 0.3) is 52.2 Å². The molecule has 0 spiro atoms. The van der Waals surface area contributed by atoms with E-state index >= 15 is 0 Å². The number of nitrogens with zero attached hydrogens (tertiary/aromatic N) is 16. The van der Waals surface area contributed by atoms with Crippen LogP contribution in [0.4, 0.5) is 4.79 Å². The van der Waals surface area contributed by atoms with Crippen molar-refractivity contribution in [3.8, 4) is 0 Å². The maximum Gasteiger partial charge on any atom is 0.410 e. The molecule has 20 N–H and O–H groups in total. The number of hydrogen-bond donors (Lipinski definition) is 14. The molecule has 48 nitrogen and oxygen atoms in total. The number of aliphatic hydroxyl groups excluding tert-OH is 8. The van der Waals surface area contributed by atoms with Gasteiger partial charge in [0.05, 0.1) is 68.8 Å². The lowest BCUT2D eigenvalue weighted by atomic mass is 9.97. The maximum absolute atomic E-state index is 13.7. The number of rotatable bonds is 30. The summed E-state index contributed by atoms with van der Waals surface area (Å²) < 4.78 is 101. The van der Waals surface area contributed by atoms with Gasteiger partial charge in [0.1, 0.15) is 123 Å². The van der Waals surface area contributed by atoms with Gasteiger partial charge in [-0.1, -0.05) is 86.2 Å². The molecule has 0 unspecified atom stereocenters. The van der Waals surface area contributed by atoms with E-state index in [-0.39, 0.29) is 51.7 Å². The zero-order chi connectivity index (χ0) is 78.6. The molecule has 8 heterocycles. The van der Waals surface area contributed by atoms with Crippen LogP contribution in [0.5, 0.6) is 0 Å². The van der Waals surface area contributed by atoms with Gasteiger partial charge in [-0.2, -0.15) is 0 Å². The molecule has 10 rings (SSSR count). The van der Waals surface area contributed by atoms with Gasteiger partial charge in [-0.05, 0) is 64.5 Å². The number of azide groups is 5. The molecule has 8 fully saturated rings. The highest BCUT2D eigenvalue weighted by Gasteiger charge is 2.58. The Balaban J connectivity index is 0.000000284. The van der Waals surface area contributed by atoms with Gasteiger partial charge in [-0.25, -0.2) is 4.79 Å². The highest BCUT2D eigenvalue weighted by molar-refractivity contribution is 5.67. The van der Waals surface area contributed by atoms with Gasteiger partial charge in [0, 0.05) is 58.4 Å². The van der Waals surface area contributed by atoms with E-state index in [1.54, 1.807) is 0 Å². The number of ether oxygens (including phenoxy) is 17. The van der Waals surface area contributed by atoms with Crippen LogP contribution in [0.2, 0.25) is 0 Å². The first kappa shape index (κ1) is 86.1. The lowest BCUT2D eigenvalue weighted by Crippen LogP contribution is -2.67. The molecule has 2 aromatic carbocycles. The molecule has 34 atom stereocenters. The average Bonchev–Trinajstić information content (AvgIpc) is 1.72. The molecule has 2 aromatic rings. The SMILES string of the molecule is CO[C@@H]1[C@@H](O[C@@H]2O[C@H](CO)[C@@H](O[C@H]3O[C@@H](CN)[C@@H](O)[C@H](O)[C@H]3N)[C@H]2O)[C@H](O[C@H]2O[C@H](CN)CC[C@H]2N)[C@@H](N)O[C@H]1N.CO[C@@H]1[C@@H](O[C@@H]2O[C@H](CO)[C@@H](O[C@H]3O[C@@H](CN=[N+]=[N-])[C@@H](O)[C@H](O)[C@H]3N=[N+]=[N-])[C@H]2O)[C@H](O[C@H]2O[C@H](CN(Cc3ccccc3)C(=O)OCc3ccccc3)CC[C@H]2N=[N+]=[N-])[C@@H](N=[N+]=[N-])O[C@H]1N=[N+]=[N-]. The predicted octanol–water partition coefficient (Wildman–Crippen LogP) is -2.64. The van der Waals surface area contributed by atoms with Crippen molar-refractivity contribution in [2.45, 2.75) is 248 Å². The molecule has 0 aliphatic carbocycles. The van der Waals surface area contributed by atoms with E-state index in [0.717, 1.165) is 11.1 Å². The Morgan fingerprint density at radius 2 is 1.00 bits per heavy atom. The fourth-order valence-corrected chi connectivity index (χ4v) is 13.6. The van der Waals surface area contributed by atoms with Crippen molar-refractivity contribution in [2.75, 3.05) is 53.6 Å². The number of carbonyl (C=O) groups excluding carboxylic acids is 1. The first-order chi connectivity index (χ1) is 52.6. The molecule has 1 amide bonds. The lowest BCUT2D eigenvalue weighted by Gasteiger charge is -2.46. The third-order valence-electron chi connectivity index (χ3n) is 19.3. The van der Waals surface area contributed by atoms with E-state index in [4.69, 9.17) is 120 Å². The van der Waals surface area contributed by atoms with Crippen molar-refractivity contribution >= 4 is 6.09 Å². The summed E-state index contributed by atoms with van der Waals surface area (Å²) in [6.45, 7) is -1.68. The second-order valence-electron chi connectivity index (χ2n) is 26.3. The predicted molar refractivity (Wildman–Crippen MR) is 363 cm³/mol. The van der Waals surface area contributed by atoms with Crippen LogP contribution in [0.3, 0.4) is 0 Å². The minimum absolute atomic E-state index is 0.00882. The molecule has 0 aromatic heterocycles. The summed E-state index contributed by atoms with van der Waals surface area (Å²) in [7, 11) is 2.58. The van der Waals surface area contributed by atoms with Gasteiger partial charge in [-0.3, -0.25) is 0 Å². The zero-order valence-corrected chi connectivity index (χ0v) is 58.9. The summed E-state index contributed by atoms with van der Waals surface area (Å²) in [5.74, 6) is 0. The summed E-state index contributed by atoms with van der Waals surface area (Å²) in [6.07, 6.45) is -39.1. The summed E-state index contributed by atoms with van der Waals surface area (Å²) in [6, 6.07) is 13.9. The molecule has 8 aliphatic rings. The molecule has 109 heavy (non-hydrogen) atoms. The van der Waals surface area contributed by atoms with E-state index in [2.05, 4.69) is 50.1 Å². The van der Waals surface area contributed by atoms with Gasteiger partial charge in [0.2, 0.25) is 0 Å². The normalized spacial score (nSPS) is 40.7. The smallest absolute Gasteiger partial charge is 0.410 e.